The first kappa shape index (κ1) is 16.8. The second kappa shape index (κ2) is 6.69. The molecule has 0 aromatic heterocycles. The highest BCUT2D eigenvalue weighted by molar-refractivity contribution is 7.90. The Morgan fingerprint density at radius 2 is 1.73 bits per heavy atom. The number of halogens is 2. The number of hydrogen-bond donors (Lipinski definition) is 0. The van der Waals surface area contributed by atoms with Crippen molar-refractivity contribution >= 4 is 39.1 Å². The highest BCUT2D eigenvalue weighted by atomic mass is 35.5. The molecule has 0 saturated carbocycles. The van der Waals surface area contributed by atoms with Gasteiger partial charge in [0.25, 0.3) is 10.0 Å². The molecule has 0 amide bonds. The second-order valence-corrected chi connectivity index (χ2v) is 6.96. The number of benzene rings is 2. The zero-order valence-electron chi connectivity index (χ0n) is 11.9. The Balaban J connectivity index is 2.49. The highest BCUT2D eigenvalue weighted by Gasteiger charge is 2.17. The van der Waals surface area contributed by atoms with E-state index in [-0.39, 0.29) is 15.8 Å². The van der Waals surface area contributed by atoms with E-state index in [4.69, 9.17) is 27.9 Å². The predicted octanol–water partition coefficient (Wildman–Crippen LogP) is 4.08. The molecule has 4 nitrogen and oxygen atoms in total. The normalized spacial score (nSPS) is 12.3. The molecule has 0 atom stereocenters. The van der Waals surface area contributed by atoms with Gasteiger partial charge in [-0.1, -0.05) is 40.9 Å². The van der Waals surface area contributed by atoms with Gasteiger partial charge in [0.2, 0.25) is 5.90 Å². The quantitative estimate of drug-likeness (QED) is 0.614. The topological polar surface area (TPSA) is 55.7 Å². The molecule has 0 aliphatic rings. The van der Waals surface area contributed by atoms with Gasteiger partial charge < -0.3 is 4.74 Å². The maximum atomic E-state index is 12.3. The van der Waals surface area contributed by atoms with Crippen LogP contribution in [0.5, 0.6) is 0 Å². The summed E-state index contributed by atoms with van der Waals surface area (Å²) in [5, 5.41) is 0.692. The number of aryl methyl sites for hydroxylation is 1. The van der Waals surface area contributed by atoms with Crippen molar-refractivity contribution in [2.75, 3.05) is 7.11 Å². The van der Waals surface area contributed by atoms with Crippen LogP contribution in [0.1, 0.15) is 11.1 Å². The van der Waals surface area contributed by atoms with Crippen LogP contribution in [-0.4, -0.2) is 21.4 Å². The standard InChI is InChI=1S/C15H13Cl2NO3S/c1-10-3-6-12(7-4-10)22(19,20)18-15(21-2)13-8-5-11(16)9-14(13)17/h3-9H,1-2H3/b18-15+. The Bertz CT molecular complexity index is 815. The second-order valence-electron chi connectivity index (χ2n) is 4.51. The van der Waals surface area contributed by atoms with Gasteiger partial charge >= 0.3 is 0 Å². The van der Waals surface area contributed by atoms with Crippen LogP contribution in [0.3, 0.4) is 0 Å². The summed E-state index contributed by atoms with van der Waals surface area (Å²) < 4.78 is 33.5. The Morgan fingerprint density at radius 1 is 1.09 bits per heavy atom. The van der Waals surface area contributed by atoms with Crippen LogP contribution < -0.4 is 0 Å². The van der Waals surface area contributed by atoms with Gasteiger partial charge in [-0.3, -0.25) is 0 Å². The molecule has 0 spiro atoms. The molecular formula is C15H13Cl2NO3S. The summed E-state index contributed by atoms with van der Waals surface area (Å²) in [4.78, 5) is 0.0812. The monoisotopic (exact) mass is 357 g/mol. The largest absolute Gasteiger partial charge is 0.480 e. The molecule has 7 heteroatoms. The molecule has 2 aromatic rings. The molecule has 0 fully saturated rings. The van der Waals surface area contributed by atoms with Crippen molar-refractivity contribution < 1.29 is 13.2 Å². The van der Waals surface area contributed by atoms with E-state index in [1.54, 1.807) is 24.3 Å². The van der Waals surface area contributed by atoms with E-state index in [0.717, 1.165) is 5.56 Å². The van der Waals surface area contributed by atoms with E-state index in [1.807, 2.05) is 6.92 Å². The van der Waals surface area contributed by atoms with Crippen LogP contribution >= 0.6 is 23.2 Å². The SMILES string of the molecule is CO/C(=N/S(=O)(=O)c1ccc(C)cc1)c1ccc(Cl)cc1Cl. The van der Waals surface area contributed by atoms with Crippen molar-refractivity contribution in [1.82, 2.24) is 0 Å². The molecule has 2 rings (SSSR count). The molecule has 22 heavy (non-hydrogen) atoms. The van der Waals surface area contributed by atoms with E-state index >= 15 is 0 Å². The average Bonchev–Trinajstić information content (AvgIpc) is 2.46. The fourth-order valence-corrected chi connectivity index (χ4v) is 3.20. The molecule has 0 aliphatic heterocycles. The first-order valence-corrected chi connectivity index (χ1v) is 8.44. The van der Waals surface area contributed by atoms with E-state index in [1.165, 1.54) is 25.3 Å². The molecule has 116 valence electrons. The summed E-state index contributed by atoms with van der Waals surface area (Å²) in [5.74, 6) is -0.0951. The summed E-state index contributed by atoms with van der Waals surface area (Å²) in [6.45, 7) is 1.87. The van der Waals surface area contributed by atoms with Crippen molar-refractivity contribution in [3.63, 3.8) is 0 Å². The number of methoxy groups -OCH3 is 1. The Kier molecular flexibility index (Phi) is 5.11. The molecule has 0 aliphatic carbocycles. The van der Waals surface area contributed by atoms with E-state index in [2.05, 4.69) is 4.40 Å². The molecule has 0 unspecified atom stereocenters. The number of sulfonamides is 1. The Morgan fingerprint density at radius 3 is 2.27 bits per heavy atom. The van der Waals surface area contributed by atoms with Gasteiger partial charge in [0.15, 0.2) is 0 Å². The summed E-state index contributed by atoms with van der Waals surface area (Å²) in [7, 11) is -2.56. The maximum absolute atomic E-state index is 12.3. The van der Waals surface area contributed by atoms with Gasteiger partial charge in [-0.05, 0) is 37.3 Å². The van der Waals surface area contributed by atoms with Crippen molar-refractivity contribution in [1.29, 1.82) is 0 Å². The predicted molar refractivity (Wildman–Crippen MR) is 88.4 cm³/mol. The lowest BCUT2D eigenvalue weighted by Crippen LogP contribution is -2.09. The van der Waals surface area contributed by atoms with E-state index in [9.17, 15) is 8.42 Å². The maximum Gasteiger partial charge on any atom is 0.285 e. The van der Waals surface area contributed by atoms with Gasteiger partial charge in [-0.25, -0.2) is 0 Å². The minimum Gasteiger partial charge on any atom is -0.480 e. The average molecular weight is 358 g/mol. The van der Waals surface area contributed by atoms with Gasteiger partial charge in [0, 0.05) is 5.02 Å². The highest BCUT2D eigenvalue weighted by Crippen LogP contribution is 2.23. The molecule has 0 saturated heterocycles. The third-order valence-electron chi connectivity index (χ3n) is 2.88. The van der Waals surface area contributed by atoms with Gasteiger partial charge in [0.05, 0.1) is 22.6 Å². The van der Waals surface area contributed by atoms with Gasteiger partial charge in [-0.15, -0.1) is 4.40 Å². The van der Waals surface area contributed by atoms with Crippen molar-refractivity contribution in [3.8, 4) is 0 Å². The molecule has 0 bridgehead atoms. The van der Waals surface area contributed by atoms with Crippen molar-refractivity contribution in [2.45, 2.75) is 11.8 Å². The van der Waals surface area contributed by atoms with Crippen LogP contribution in [-0.2, 0) is 14.8 Å². The Labute approximate surface area is 139 Å². The molecule has 0 N–H and O–H groups in total. The van der Waals surface area contributed by atoms with E-state index < -0.39 is 10.0 Å². The number of hydrogen-bond acceptors (Lipinski definition) is 3. The fourth-order valence-electron chi connectivity index (χ4n) is 1.73. The number of rotatable bonds is 3. The third-order valence-corrected chi connectivity index (χ3v) is 4.70. The molecular weight excluding hydrogens is 345 g/mol. The van der Waals surface area contributed by atoms with E-state index in [0.29, 0.717) is 10.6 Å². The minimum absolute atomic E-state index is 0.0812. The van der Waals surface area contributed by atoms with Gasteiger partial charge in [-0.2, -0.15) is 8.42 Å². The molecule has 2 aromatic carbocycles. The zero-order valence-corrected chi connectivity index (χ0v) is 14.2. The van der Waals surface area contributed by atoms with Crippen molar-refractivity contribution in [2.24, 2.45) is 4.40 Å². The van der Waals surface area contributed by atoms with Crippen LogP contribution in [0.2, 0.25) is 10.0 Å². The zero-order chi connectivity index (χ0) is 16.3. The molecule has 0 radical (unpaired) electrons. The number of nitrogens with zero attached hydrogens (tertiary/aromatic N) is 1. The van der Waals surface area contributed by atoms with Crippen LogP contribution in [0.4, 0.5) is 0 Å². The first-order valence-electron chi connectivity index (χ1n) is 6.24. The molecule has 0 heterocycles. The smallest absolute Gasteiger partial charge is 0.285 e. The summed E-state index contributed by atoms with van der Waals surface area (Å²) in [5.41, 5.74) is 1.31. The minimum atomic E-state index is -3.89. The lowest BCUT2D eigenvalue weighted by molar-refractivity contribution is 0.405. The van der Waals surface area contributed by atoms with Crippen LogP contribution in [0.15, 0.2) is 51.8 Å². The van der Waals surface area contributed by atoms with Gasteiger partial charge in [0.1, 0.15) is 0 Å². The summed E-state index contributed by atoms with van der Waals surface area (Å²) in [6, 6.07) is 11.0. The van der Waals surface area contributed by atoms with Crippen molar-refractivity contribution in [3.05, 3.63) is 63.6 Å². The third kappa shape index (κ3) is 3.80. The summed E-state index contributed by atoms with van der Waals surface area (Å²) in [6.07, 6.45) is 0. The van der Waals surface area contributed by atoms with Crippen LogP contribution in [0.25, 0.3) is 0 Å². The summed E-state index contributed by atoms with van der Waals surface area (Å²) >= 11 is 11.9. The fraction of sp³-hybridized carbons (Fsp3) is 0.133. The number of ether oxygens (including phenoxy) is 1. The Hall–Kier alpha value is -1.56. The lowest BCUT2D eigenvalue weighted by atomic mass is 10.2. The van der Waals surface area contributed by atoms with Crippen LogP contribution in [0, 0.1) is 6.92 Å². The lowest BCUT2D eigenvalue weighted by Gasteiger charge is -2.08. The first-order chi connectivity index (χ1) is 10.3.